The number of carbonyl (C=O) groups excluding carboxylic acids is 2. The van der Waals surface area contributed by atoms with Crippen LogP contribution in [0.15, 0.2) is 42.6 Å². The molecular weight excluding hydrogens is 302 g/mol. The third kappa shape index (κ3) is 3.41. The number of carbonyl (C=O) groups is 2. The van der Waals surface area contributed by atoms with Gasteiger partial charge in [-0.25, -0.2) is 0 Å². The second-order valence-electron chi connectivity index (χ2n) is 6.32. The van der Waals surface area contributed by atoms with Crippen LogP contribution in [0.3, 0.4) is 0 Å². The van der Waals surface area contributed by atoms with Crippen molar-refractivity contribution in [3.05, 3.63) is 53.9 Å². The first-order valence-corrected chi connectivity index (χ1v) is 8.31. The number of anilines is 1. The number of benzene rings is 1. The molecule has 1 aromatic heterocycles. The van der Waals surface area contributed by atoms with Crippen LogP contribution >= 0.6 is 0 Å². The SMILES string of the molecule is CC(=O)c1ccccc1NC(=O)CN1CCC[C@@H]1c1cccn1C. The molecule has 0 saturated carbocycles. The van der Waals surface area contributed by atoms with Crippen LogP contribution in [0, 0.1) is 0 Å². The van der Waals surface area contributed by atoms with E-state index in [0.717, 1.165) is 19.4 Å². The van der Waals surface area contributed by atoms with E-state index in [-0.39, 0.29) is 17.7 Å². The lowest BCUT2D eigenvalue weighted by molar-refractivity contribution is -0.117. The van der Waals surface area contributed by atoms with Crippen LogP contribution in [0.1, 0.15) is 41.9 Å². The number of nitrogens with zero attached hydrogens (tertiary/aromatic N) is 2. The normalized spacial score (nSPS) is 17.8. The van der Waals surface area contributed by atoms with Crippen molar-refractivity contribution in [3.63, 3.8) is 0 Å². The lowest BCUT2D eigenvalue weighted by atomic mass is 10.1. The molecule has 1 fully saturated rings. The van der Waals surface area contributed by atoms with E-state index in [2.05, 4.69) is 20.9 Å². The summed E-state index contributed by atoms with van der Waals surface area (Å²) >= 11 is 0. The Morgan fingerprint density at radius 2 is 2.00 bits per heavy atom. The molecular formula is C19H23N3O2. The van der Waals surface area contributed by atoms with E-state index in [1.54, 1.807) is 18.2 Å². The summed E-state index contributed by atoms with van der Waals surface area (Å²) in [5.74, 6) is -0.126. The van der Waals surface area contributed by atoms with Gasteiger partial charge in [0, 0.05) is 24.5 Å². The average molecular weight is 325 g/mol. The van der Waals surface area contributed by atoms with Crippen molar-refractivity contribution < 1.29 is 9.59 Å². The minimum absolute atomic E-state index is 0.0474. The van der Waals surface area contributed by atoms with Crippen LogP contribution in [0.5, 0.6) is 0 Å². The lowest BCUT2D eigenvalue weighted by Crippen LogP contribution is -2.33. The number of aromatic nitrogens is 1. The third-order valence-electron chi connectivity index (χ3n) is 4.62. The molecule has 0 radical (unpaired) electrons. The van der Waals surface area contributed by atoms with E-state index >= 15 is 0 Å². The smallest absolute Gasteiger partial charge is 0.238 e. The van der Waals surface area contributed by atoms with Gasteiger partial charge in [-0.3, -0.25) is 14.5 Å². The first-order valence-electron chi connectivity index (χ1n) is 8.31. The molecule has 1 aliphatic heterocycles. The van der Waals surface area contributed by atoms with Gasteiger partial charge in [-0.05, 0) is 50.6 Å². The standard InChI is InChI=1S/C19H23N3O2/c1-14(23)15-7-3-4-8-16(15)20-19(24)13-22-12-6-10-18(22)17-9-5-11-21(17)2/h3-5,7-9,11,18H,6,10,12-13H2,1-2H3,(H,20,24)/t18-/m1/s1. The largest absolute Gasteiger partial charge is 0.353 e. The van der Waals surface area contributed by atoms with Crippen LogP contribution in [0.25, 0.3) is 0 Å². The minimum Gasteiger partial charge on any atom is -0.353 e. The van der Waals surface area contributed by atoms with E-state index < -0.39 is 0 Å². The number of ketones is 1. The maximum absolute atomic E-state index is 12.5. The topological polar surface area (TPSA) is 54.3 Å². The molecule has 1 aromatic carbocycles. The predicted octanol–water partition coefficient (Wildman–Crippen LogP) is 3.00. The quantitative estimate of drug-likeness (QED) is 0.860. The van der Waals surface area contributed by atoms with Crippen molar-refractivity contribution in [2.45, 2.75) is 25.8 Å². The number of likely N-dealkylation sites (tertiary alicyclic amines) is 1. The molecule has 3 rings (SSSR count). The van der Waals surface area contributed by atoms with E-state index in [1.807, 2.05) is 25.4 Å². The van der Waals surface area contributed by atoms with Gasteiger partial charge in [-0.15, -0.1) is 0 Å². The zero-order valence-electron chi connectivity index (χ0n) is 14.2. The average Bonchev–Trinajstić information content (AvgIpc) is 3.16. The van der Waals surface area contributed by atoms with Crippen LogP contribution in [-0.4, -0.2) is 34.2 Å². The Hall–Kier alpha value is -2.40. The van der Waals surface area contributed by atoms with Gasteiger partial charge in [0.05, 0.1) is 18.3 Å². The summed E-state index contributed by atoms with van der Waals surface area (Å²) in [5.41, 5.74) is 2.38. The molecule has 0 aliphatic carbocycles. The van der Waals surface area contributed by atoms with Gasteiger partial charge >= 0.3 is 0 Å². The zero-order valence-corrected chi connectivity index (χ0v) is 14.2. The number of aryl methyl sites for hydroxylation is 1. The molecule has 1 N–H and O–H groups in total. The monoisotopic (exact) mass is 325 g/mol. The second-order valence-corrected chi connectivity index (χ2v) is 6.32. The molecule has 1 atom stereocenters. The molecule has 24 heavy (non-hydrogen) atoms. The van der Waals surface area contributed by atoms with Crippen LogP contribution in [0.4, 0.5) is 5.69 Å². The van der Waals surface area contributed by atoms with Crippen LogP contribution in [0.2, 0.25) is 0 Å². The summed E-state index contributed by atoms with van der Waals surface area (Å²) in [4.78, 5) is 26.4. The molecule has 1 saturated heterocycles. The molecule has 1 amide bonds. The van der Waals surface area contributed by atoms with E-state index in [4.69, 9.17) is 0 Å². The molecule has 5 heteroatoms. The van der Waals surface area contributed by atoms with Gasteiger partial charge in [-0.2, -0.15) is 0 Å². The van der Waals surface area contributed by atoms with Gasteiger partial charge in [-0.1, -0.05) is 12.1 Å². The van der Waals surface area contributed by atoms with Crippen molar-refractivity contribution in [2.75, 3.05) is 18.4 Å². The maximum atomic E-state index is 12.5. The second kappa shape index (κ2) is 7.01. The minimum atomic E-state index is -0.0789. The van der Waals surface area contributed by atoms with Gasteiger partial charge in [0.2, 0.25) is 5.91 Å². The molecule has 0 spiro atoms. The van der Waals surface area contributed by atoms with Crippen LogP contribution < -0.4 is 5.32 Å². The fourth-order valence-electron chi connectivity index (χ4n) is 3.44. The first kappa shape index (κ1) is 16.5. The van der Waals surface area contributed by atoms with E-state index in [1.165, 1.54) is 12.6 Å². The van der Waals surface area contributed by atoms with Crippen molar-refractivity contribution >= 4 is 17.4 Å². The number of nitrogens with one attached hydrogen (secondary N) is 1. The maximum Gasteiger partial charge on any atom is 0.238 e. The van der Waals surface area contributed by atoms with Crippen LogP contribution in [-0.2, 0) is 11.8 Å². The highest BCUT2D eigenvalue weighted by molar-refractivity contribution is 6.04. The predicted molar refractivity (Wildman–Crippen MR) is 94.0 cm³/mol. The molecule has 1 aliphatic rings. The summed E-state index contributed by atoms with van der Waals surface area (Å²) in [7, 11) is 2.04. The molecule has 2 aromatic rings. The lowest BCUT2D eigenvalue weighted by Gasteiger charge is -2.24. The van der Waals surface area contributed by atoms with Crippen molar-refractivity contribution in [1.82, 2.24) is 9.47 Å². The summed E-state index contributed by atoms with van der Waals surface area (Å²) in [6.45, 7) is 2.76. The Labute approximate surface area is 142 Å². The first-order chi connectivity index (χ1) is 11.6. The van der Waals surface area contributed by atoms with Crippen molar-refractivity contribution in [1.29, 1.82) is 0 Å². The number of rotatable bonds is 5. The highest BCUT2D eigenvalue weighted by Gasteiger charge is 2.29. The molecule has 2 heterocycles. The fraction of sp³-hybridized carbons (Fsp3) is 0.368. The highest BCUT2D eigenvalue weighted by Crippen LogP contribution is 2.31. The Balaban J connectivity index is 1.69. The van der Waals surface area contributed by atoms with Gasteiger partial charge < -0.3 is 9.88 Å². The highest BCUT2D eigenvalue weighted by atomic mass is 16.2. The summed E-state index contributed by atoms with van der Waals surface area (Å²) in [6, 6.07) is 11.6. The summed E-state index contributed by atoms with van der Waals surface area (Å²) < 4.78 is 2.12. The Bertz CT molecular complexity index is 751. The van der Waals surface area contributed by atoms with Gasteiger partial charge in [0.15, 0.2) is 5.78 Å². The fourth-order valence-corrected chi connectivity index (χ4v) is 3.44. The number of Topliss-reactive ketones (excluding diaryl/α,β-unsaturated/α-hetero) is 1. The summed E-state index contributed by atoms with van der Waals surface area (Å²) in [6.07, 6.45) is 4.19. The van der Waals surface area contributed by atoms with Gasteiger partial charge in [0.1, 0.15) is 0 Å². The number of hydrogen-bond acceptors (Lipinski definition) is 3. The van der Waals surface area contributed by atoms with Gasteiger partial charge in [0.25, 0.3) is 0 Å². The molecule has 0 bridgehead atoms. The number of para-hydroxylation sites is 1. The van der Waals surface area contributed by atoms with E-state index in [0.29, 0.717) is 17.8 Å². The summed E-state index contributed by atoms with van der Waals surface area (Å²) in [5, 5.41) is 2.89. The molecule has 0 unspecified atom stereocenters. The Morgan fingerprint density at radius 3 is 2.71 bits per heavy atom. The Kier molecular flexibility index (Phi) is 4.81. The Morgan fingerprint density at radius 1 is 1.21 bits per heavy atom. The van der Waals surface area contributed by atoms with E-state index in [9.17, 15) is 9.59 Å². The zero-order chi connectivity index (χ0) is 17.1. The molecule has 5 nitrogen and oxygen atoms in total. The van der Waals surface area contributed by atoms with Crippen molar-refractivity contribution in [2.24, 2.45) is 7.05 Å². The molecule has 126 valence electrons. The number of amides is 1. The third-order valence-corrected chi connectivity index (χ3v) is 4.62. The van der Waals surface area contributed by atoms with Crippen molar-refractivity contribution in [3.8, 4) is 0 Å². The number of hydrogen-bond donors (Lipinski definition) is 1.